The first-order valence-corrected chi connectivity index (χ1v) is 7.47. The van der Waals surface area contributed by atoms with E-state index in [4.69, 9.17) is 4.99 Å². The fourth-order valence-corrected chi connectivity index (χ4v) is 2.89. The van der Waals surface area contributed by atoms with Gasteiger partial charge in [0.1, 0.15) is 11.9 Å². The maximum Gasteiger partial charge on any atom is 0.119 e. The van der Waals surface area contributed by atoms with E-state index in [-0.39, 0.29) is 6.04 Å². The second-order valence-electron chi connectivity index (χ2n) is 5.80. The fraction of sp³-hybridized carbons (Fsp3) is 0.333. The Morgan fingerprint density at radius 3 is 2.52 bits per heavy atom. The molecule has 0 aliphatic carbocycles. The molecule has 3 rings (SSSR count). The van der Waals surface area contributed by atoms with Gasteiger partial charge < -0.3 is 4.90 Å². The van der Waals surface area contributed by atoms with Gasteiger partial charge in [0.2, 0.25) is 0 Å². The number of pyridine rings is 1. The van der Waals surface area contributed by atoms with E-state index in [1.807, 2.05) is 24.4 Å². The van der Waals surface area contributed by atoms with E-state index in [0.717, 1.165) is 18.7 Å². The first kappa shape index (κ1) is 13.8. The van der Waals surface area contributed by atoms with Crippen LogP contribution in [0.3, 0.4) is 0 Å². The molecule has 2 aromatic rings. The Labute approximate surface area is 126 Å². The normalized spacial score (nSPS) is 21.7. The zero-order chi connectivity index (χ0) is 14.7. The van der Waals surface area contributed by atoms with Gasteiger partial charge in [0, 0.05) is 26.2 Å². The molecule has 1 saturated heterocycles. The summed E-state index contributed by atoms with van der Waals surface area (Å²) in [5, 5.41) is 0. The molecular weight excluding hydrogens is 258 g/mol. The van der Waals surface area contributed by atoms with Crippen LogP contribution in [-0.4, -0.2) is 29.3 Å². The molecule has 1 aliphatic heterocycles. The molecule has 1 aromatic heterocycles. The van der Waals surface area contributed by atoms with Crippen molar-refractivity contribution >= 4 is 5.84 Å². The zero-order valence-corrected chi connectivity index (χ0v) is 12.6. The van der Waals surface area contributed by atoms with Crippen molar-refractivity contribution < 1.29 is 0 Å². The van der Waals surface area contributed by atoms with Gasteiger partial charge in [0.05, 0.1) is 5.69 Å². The van der Waals surface area contributed by atoms with Crippen molar-refractivity contribution in [1.29, 1.82) is 0 Å². The van der Waals surface area contributed by atoms with Crippen LogP contribution in [0, 0.1) is 5.92 Å². The number of likely N-dealkylation sites (tertiary alicyclic amines) is 1. The molecule has 0 bridgehead atoms. The van der Waals surface area contributed by atoms with Gasteiger partial charge >= 0.3 is 0 Å². The number of hydrogen-bond donors (Lipinski definition) is 0. The van der Waals surface area contributed by atoms with Gasteiger partial charge in [-0.15, -0.1) is 0 Å². The Bertz CT molecular complexity index is 567. The van der Waals surface area contributed by atoms with Crippen LogP contribution in [0.5, 0.6) is 0 Å². The van der Waals surface area contributed by atoms with E-state index in [0.29, 0.717) is 5.92 Å². The predicted octanol–water partition coefficient (Wildman–Crippen LogP) is 3.54. The highest BCUT2D eigenvalue weighted by Gasteiger charge is 2.24. The quantitative estimate of drug-likeness (QED) is 0.859. The molecule has 3 heteroatoms. The Morgan fingerprint density at radius 2 is 1.90 bits per heavy atom. The third-order valence-corrected chi connectivity index (χ3v) is 3.92. The second-order valence-corrected chi connectivity index (χ2v) is 5.80. The first-order valence-electron chi connectivity index (χ1n) is 7.47. The lowest BCUT2D eigenvalue weighted by molar-refractivity contribution is 0.481. The van der Waals surface area contributed by atoms with Crippen LogP contribution in [0.2, 0.25) is 0 Å². The van der Waals surface area contributed by atoms with Gasteiger partial charge in [-0.3, -0.25) is 9.98 Å². The van der Waals surface area contributed by atoms with Gasteiger partial charge in [-0.1, -0.05) is 43.3 Å². The smallest absolute Gasteiger partial charge is 0.119 e. The molecule has 0 radical (unpaired) electrons. The summed E-state index contributed by atoms with van der Waals surface area (Å²) in [6.45, 7) is 3.36. The topological polar surface area (TPSA) is 28.5 Å². The molecule has 2 unspecified atom stereocenters. The maximum absolute atomic E-state index is 5.03. The van der Waals surface area contributed by atoms with Crippen molar-refractivity contribution in [3.05, 3.63) is 66.0 Å². The molecule has 21 heavy (non-hydrogen) atoms. The lowest BCUT2D eigenvalue weighted by Gasteiger charge is -2.17. The Kier molecular flexibility index (Phi) is 4.00. The van der Waals surface area contributed by atoms with Crippen molar-refractivity contribution in [1.82, 2.24) is 9.88 Å². The zero-order valence-electron chi connectivity index (χ0n) is 12.6. The van der Waals surface area contributed by atoms with Crippen LogP contribution in [0.1, 0.15) is 30.6 Å². The lowest BCUT2D eigenvalue weighted by atomic mass is 10.0. The summed E-state index contributed by atoms with van der Waals surface area (Å²) in [5.74, 6) is 1.86. The van der Waals surface area contributed by atoms with E-state index >= 15 is 0 Å². The Morgan fingerprint density at radius 1 is 1.14 bits per heavy atom. The number of aromatic nitrogens is 1. The summed E-state index contributed by atoms with van der Waals surface area (Å²) in [4.78, 5) is 11.8. The monoisotopic (exact) mass is 279 g/mol. The van der Waals surface area contributed by atoms with Gasteiger partial charge in [-0.2, -0.15) is 0 Å². The minimum atomic E-state index is -0.0184. The summed E-state index contributed by atoms with van der Waals surface area (Å²) in [7, 11) is 2.13. The molecule has 108 valence electrons. The highest BCUT2D eigenvalue weighted by atomic mass is 15.2. The Balaban J connectivity index is 2.00. The van der Waals surface area contributed by atoms with Crippen LogP contribution < -0.4 is 0 Å². The molecule has 0 amide bonds. The highest BCUT2D eigenvalue weighted by Crippen LogP contribution is 2.27. The van der Waals surface area contributed by atoms with E-state index in [1.54, 1.807) is 0 Å². The van der Waals surface area contributed by atoms with Crippen LogP contribution in [-0.2, 0) is 0 Å². The fourth-order valence-electron chi connectivity index (χ4n) is 2.89. The van der Waals surface area contributed by atoms with E-state index in [1.165, 1.54) is 11.4 Å². The number of amidine groups is 1. The largest absolute Gasteiger partial charge is 0.363 e. The molecule has 2 atom stereocenters. The number of rotatable bonds is 3. The van der Waals surface area contributed by atoms with Crippen molar-refractivity contribution in [2.75, 3.05) is 13.6 Å². The maximum atomic E-state index is 5.03. The molecule has 1 aromatic carbocycles. The molecule has 3 nitrogen and oxygen atoms in total. The minimum Gasteiger partial charge on any atom is -0.363 e. The molecular formula is C18H21N3. The van der Waals surface area contributed by atoms with E-state index in [9.17, 15) is 0 Å². The molecule has 0 saturated carbocycles. The molecule has 0 spiro atoms. The number of hydrogen-bond acceptors (Lipinski definition) is 2. The lowest BCUT2D eigenvalue weighted by Crippen LogP contribution is -2.20. The van der Waals surface area contributed by atoms with Gasteiger partial charge in [0.25, 0.3) is 0 Å². The van der Waals surface area contributed by atoms with E-state index in [2.05, 4.69) is 54.2 Å². The molecule has 1 aliphatic rings. The van der Waals surface area contributed by atoms with Crippen LogP contribution in [0.15, 0.2) is 59.7 Å². The number of aliphatic imine (C=N–C) groups is 1. The minimum absolute atomic E-state index is 0.0184. The van der Waals surface area contributed by atoms with Crippen LogP contribution in [0.4, 0.5) is 0 Å². The molecule has 1 fully saturated rings. The Hall–Kier alpha value is -2.16. The molecule has 2 heterocycles. The van der Waals surface area contributed by atoms with E-state index < -0.39 is 0 Å². The van der Waals surface area contributed by atoms with Crippen molar-refractivity contribution in [3.63, 3.8) is 0 Å². The predicted molar refractivity (Wildman–Crippen MR) is 86.4 cm³/mol. The molecule has 0 N–H and O–H groups in total. The first-order chi connectivity index (χ1) is 10.2. The van der Waals surface area contributed by atoms with Crippen LogP contribution in [0.25, 0.3) is 0 Å². The summed E-state index contributed by atoms with van der Waals surface area (Å²) >= 11 is 0. The highest BCUT2D eigenvalue weighted by molar-refractivity contribution is 5.84. The summed E-state index contributed by atoms with van der Waals surface area (Å²) in [6.07, 6.45) is 2.89. The standard InChI is InChI=1S/C18H21N3/c1-14-12-17(21(2)13-14)20-18(15-8-4-3-5-9-15)16-10-6-7-11-19-16/h3-11,14,18H,12-13H2,1-2H3. The average Bonchev–Trinajstić information content (AvgIpc) is 2.84. The van der Waals surface area contributed by atoms with Gasteiger partial charge in [-0.05, 0) is 23.6 Å². The summed E-state index contributed by atoms with van der Waals surface area (Å²) in [6, 6.07) is 16.4. The van der Waals surface area contributed by atoms with Crippen LogP contribution >= 0.6 is 0 Å². The summed E-state index contributed by atoms with van der Waals surface area (Å²) in [5.41, 5.74) is 2.20. The van der Waals surface area contributed by atoms with Gasteiger partial charge in [0.15, 0.2) is 0 Å². The summed E-state index contributed by atoms with van der Waals surface area (Å²) < 4.78 is 0. The SMILES string of the molecule is CC1CC(=NC(c2ccccc2)c2ccccn2)N(C)C1. The van der Waals surface area contributed by atoms with Crippen molar-refractivity contribution in [2.24, 2.45) is 10.9 Å². The van der Waals surface area contributed by atoms with Crippen molar-refractivity contribution in [2.45, 2.75) is 19.4 Å². The second kappa shape index (κ2) is 6.08. The average molecular weight is 279 g/mol. The van der Waals surface area contributed by atoms with Crippen molar-refractivity contribution in [3.8, 4) is 0 Å². The number of nitrogens with zero attached hydrogens (tertiary/aromatic N) is 3. The number of benzene rings is 1. The third-order valence-electron chi connectivity index (χ3n) is 3.92. The van der Waals surface area contributed by atoms with Gasteiger partial charge in [-0.25, -0.2) is 0 Å². The third kappa shape index (κ3) is 3.13.